The molecule has 0 atom stereocenters. The van der Waals surface area contributed by atoms with Crippen molar-refractivity contribution >= 4 is 40.5 Å². The summed E-state index contributed by atoms with van der Waals surface area (Å²) in [7, 11) is 0. The van der Waals surface area contributed by atoms with E-state index >= 15 is 0 Å². The number of hydrogen-bond donors (Lipinski definition) is 3. The van der Waals surface area contributed by atoms with E-state index in [9.17, 15) is 4.79 Å². The number of halogens is 1. The van der Waals surface area contributed by atoms with Crippen LogP contribution in [0.2, 0.25) is 5.02 Å². The van der Waals surface area contributed by atoms with Crippen LogP contribution in [0.25, 0.3) is 0 Å². The Hall–Kier alpha value is -2.31. The molecule has 0 aliphatic heterocycles. The van der Waals surface area contributed by atoms with Gasteiger partial charge in [0.25, 0.3) is 5.91 Å². The van der Waals surface area contributed by atoms with Gasteiger partial charge in [0.1, 0.15) is 5.75 Å². The second-order valence-electron chi connectivity index (χ2n) is 5.25. The first-order valence-electron chi connectivity index (χ1n) is 7.25. The minimum atomic E-state index is -0.339. The first kappa shape index (κ1) is 18.0. The van der Waals surface area contributed by atoms with Crippen molar-refractivity contribution in [2.45, 2.75) is 13.8 Å². The van der Waals surface area contributed by atoms with E-state index in [4.69, 9.17) is 28.6 Å². The summed E-state index contributed by atoms with van der Waals surface area (Å²) < 4.78 is 5.46. The number of thiocarbonyl (C=S) groups is 1. The van der Waals surface area contributed by atoms with E-state index < -0.39 is 0 Å². The van der Waals surface area contributed by atoms with Gasteiger partial charge in [0.2, 0.25) is 0 Å². The molecular formula is C17H18ClN3O2S. The van der Waals surface area contributed by atoms with E-state index in [1.54, 1.807) is 24.3 Å². The molecule has 126 valence electrons. The Morgan fingerprint density at radius 1 is 1.08 bits per heavy atom. The quantitative estimate of drug-likeness (QED) is 0.574. The van der Waals surface area contributed by atoms with Crippen LogP contribution < -0.4 is 20.9 Å². The largest absolute Gasteiger partial charge is 0.484 e. The van der Waals surface area contributed by atoms with E-state index in [0.29, 0.717) is 10.8 Å². The molecule has 5 nitrogen and oxygen atoms in total. The van der Waals surface area contributed by atoms with Gasteiger partial charge in [-0.1, -0.05) is 17.7 Å². The third kappa shape index (κ3) is 6.06. The summed E-state index contributed by atoms with van der Waals surface area (Å²) >= 11 is 10.9. The molecule has 3 N–H and O–H groups in total. The first-order valence-corrected chi connectivity index (χ1v) is 8.03. The number of carbonyl (C=O) groups is 1. The van der Waals surface area contributed by atoms with Crippen LogP contribution in [0.5, 0.6) is 5.75 Å². The SMILES string of the molecule is Cc1cc(C)cc(OCC(=O)NNC(=S)Nc2ccc(Cl)cc2)c1. The molecule has 2 aromatic carbocycles. The van der Waals surface area contributed by atoms with Gasteiger partial charge in [0.05, 0.1) is 0 Å². The summed E-state index contributed by atoms with van der Waals surface area (Å²) in [4.78, 5) is 11.8. The Balaban J connectivity index is 1.74. The number of aryl methyl sites for hydroxylation is 2. The van der Waals surface area contributed by atoms with Gasteiger partial charge in [-0.3, -0.25) is 15.6 Å². The summed E-state index contributed by atoms with van der Waals surface area (Å²) in [6.45, 7) is 3.84. The molecule has 2 rings (SSSR count). The lowest BCUT2D eigenvalue weighted by Crippen LogP contribution is -2.45. The molecule has 0 bridgehead atoms. The van der Waals surface area contributed by atoms with Gasteiger partial charge in [-0.05, 0) is 73.6 Å². The van der Waals surface area contributed by atoms with E-state index in [1.807, 2.05) is 32.0 Å². The maximum atomic E-state index is 11.8. The second-order valence-corrected chi connectivity index (χ2v) is 6.09. The van der Waals surface area contributed by atoms with Crippen molar-refractivity contribution < 1.29 is 9.53 Å². The Morgan fingerprint density at radius 3 is 2.33 bits per heavy atom. The Kier molecular flexibility index (Phi) is 6.40. The molecule has 1 amide bonds. The van der Waals surface area contributed by atoms with Crippen LogP contribution in [0.1, 0.15) is 11.1 Å². The van der Waals surface area contributed by atoms with Crippen molar-refractivity contribution in [2.75, 3.05) is 11.9 Å². The molecule has 24 heavy (non-hydrogen) atoms. The fraction of sp³-hybridized carbons (Fsp3) is 0.176. The molecule has 0 spiro atoms. The van der Waals surface area contributed by atoms with E-state index in [1.165, 1.54) is 0 Å². The molecule has 0 aromatic heterocycles. The molecular weight excluding hydrogens is 346 g/mol. The van der Waals surface area contributed by atoms with Gasteiger partial charge >= 0.3 is 0 Å². The number of rotatable bonds is 4. The molecule has 2 aromatic rings. The highest BCUT2D eigenvalue weighted by atomic mass is 35.5. The van der Waals surface area contributed by atoms with Gasteiger partial charge in [0.15, 0.2) is 11.7 Å². The number of hydrazine groups is 1. The van der Waals surface area contributed by atoms with E-state index in [-0.39, 0.29) is 17.6 Å². The highest BCUT2D eigenvalue weighted by molar-refractivity contribution is 7.80. The lowest BCUT2D eigenvalue weighted by atomic mass is 10.1. The number of benzene rings is 2. The van der Waals surface area contributed by atoms with Crippen molar-refractivity contribution in [2.24, 2.45) is 0 Å². The summed E-state index contributed by atoms with van der Waals surface area (Å²) in [6, 6.07) is 12.8. The van der Waals surface area contributed by atoms with Gasteiger partial charge in [0, 0.05) is 10.7 Å². The maximum Gasteiger partial charge on any atom is 0.276 e. The number of nitrogens with one attached hydrogen (secondary N) is 3. The molecule has 7 heteroatoms. The first-order chi connectivity index (χ1) is 11.4. The highest BCUT2D eigenvalue weighted by Crippen LogP contribution is 2.16. The second kappa shape index (κ2) is 8.52. The lowest BCUT2D eigenvalue weighted by molar-refractivity contribution is -0.123. The van der Waals surface area contributed by atoms with Gasteiger partial charge in [-0.2, -0.15) is 0 Å². The number of carbonyl (C=O) groups excluding carboxylic acids is 1. The third-order valence-electron chi connectivity index (χ3n) is 2.98. The summed E-state index contributed by atoms with van der Waals surface area (Å²) in [6.07, 6.45) is 0. The van der Waals surface area contributed by atoms with Crippen LogP contribution >= 0.6 is 23.8 Å². The van der Waals surface area contributed by atoms with E-state index in [0.717, 1.165) is 16.8 Å². The molecule has 0 unspecified atom stereocenters. The zero-order valence-corrected chi connectivity index (χ0v) is 14.9. The molecule has 0 fully saturated rings. The predicted octanol–water partition coefficient (Wildman–Crippen LogP) is 3.35. The number of amides is 1. The van der Waals surface area contributed by atoms with Crippen molar-refractivity contribution in [3.05, 3.63) is 58.6 Å². The van der Waals surface area contributed by atoms with Gasteiger partial charge in [-0.25, -0.2) is 0 Å². The summed E-state index contributed by atoms with van der Waals surface area (Å²) in [5, 5.41) is 3.82. The van der Waals surface area contributed by atoms with E-state index in [2.05, 4.69) is 16.2 Å². The van der Waals surface area contributed by atoms with Crippen LogP contribution in [0.3, 0.4) is 0 Å². The van der Waals surface area contributed by atoms with Crippen LogP contribution in [0, 0.1) is 13.8 Å². The van der Waals surface area contributed by atoms with Crippen LogP contribution in [0.4, 0.5) is 5.69 Å². The molecule has 0 saturated heterocycles. The van der Waals surface area contributed by atoms with Crippen LogP contribution in [-0.2, 0) is 4.79 Å². The van der Waals surface area contributed by atoms with Crippen molar-refractivity contribution in [3.63, 3.8) is 0 Å². The van der Waals surface area contributed by atoms with Gasteiger partial charge < -0.3 is 10.1 Å². The molecule has 0 radical (unpaired) electrons. The highest BCUT2D eigenvalue weighted by Gasteiger charge is 2.05. The zero-order valence-electron chi connectivity index (χ0n) is 13.4. The predicted molar refractivity (Wildman–Crippen MR) is 100 cm³/mol. The molecule has 0 saturated carbocycles. The Bertz CT molecular complexity index is 715. The summed E-state index contributed by atoms with van der Waals surface area (Å²) in [5.41, 5.74) is 8.00. The minimum Gasteiger partial charge on any atom is -0.484 e. The topological polar surface area (TPSA) is 62.4 Å². The van der Waals surface area contributed by atoms with Crippen molar-refractivity contribution in [1.82, 2.24) is 10.9 Å². The molecule has 0 aliphatic rings. The lowest BCUT2D eigenvalue weighted by Gasteiger charge is -2.12. The number of hydrogen-bond acceptors (Lipinski definition) is 3. The normalized spacial score (nSPS) is 9.96. The average Bonchev–Trinajstić information content (AvgIpc) is 2.52. The number of anilines is 1. The standard InChI is InChI=1S/C17H18ClN3O2S/c1-11-7-12(2)9-15(8-11)23-10-16(22)20-21-17(24)19-14-5-3-13(18)4-6-14/h3-9H,10H2,1-2H3,(H,20,22)(H2,19,21,24). The van der Waals surface area contributed by atoms with Crippen LogP contribution in [0.15, 0.2) is 42.5 Å². The fourth-order valence-corrected chi connectivity index (χ4v) is 2.32. The third-order valence-corrected chi connectivity index (χ3v) is 3.44. The molecule has 0 aliphatic carbocycles. The Labute approximate surface area is 151 Å². The monoisotopic (exact) mass is 363 g/mol. The maximum absolute atomic E-state index is 11.8. The molecule has 0 heterocycles. The van der Waals surface area contributed by atoms with Crippen molar-refractivity contribution in [3.8, 4) is 5.75 Å². The van der Waals surface area contributed by atoms with Crippen molar-refractivity contribution in [1.29, 1.82) is 0 Å². The fourth-order valence-electron chi connectivity index (χ4n) is 2.02. The van der Waals surface area contributed by atoms with Crippen LogP contribution in [-0.4, -0.2) is 17.6 Å². The summed E-state index contributed by atoms with van der Waals surface area (Å²) in [5.74, 6) is 0.318. The Morgan fingerprint density at radius 2 is 1.71 bits per heavy atom. The minimum absolute atomic E-state index is 0.112. The zero-order chi connectivity index (χ0) is 17.5. The smallest absolute Gasteiger partial charge is 0.276 e. The van der Waals surface area contributed by atoms with Gasteiger partial charge in [-0.15, -0.1) is 0 Å². The average molecular weight is 364 g/mol. The number of ether oxygens (including phenoxy) is 1.